The van der Waals surface area contributed by atoms with Crippen molar-refractivity contribution in [1.82, 2.24) is 5.32 Å². The zero-order chi connectivity index (χ0) is 16.0. The minimum absolute atomic E-state index is 0.165. The average Bonchev–Trinajstić information content (AvgIpc) is 2.57. The van der Waals surface area contributed by atoms with Gasteiger partial charge < -0.3 is 11.1 Å². The van der Waals surface area contributed by atoms with Crippen molar-refractivity contribution in [2.45, 2.75) is 26.2 Å². The molecule has 2 aromatic carbocycles. The van der Waals surface area contributed by atoms with Crippen molar-refractivity contribution in [3.63, 3.8) is 0 Å². The van der Waals surface area contributed by atoms with Crippen LogP contribution in [0.2, 0.25) is 0 Å². The first-order valence-electron chi connectivity index (χ1n) is 7.95. The van der Waals surface area contributed by atoms with E-state index in [-0.39, 0.29) is 5.82 Å². The molecular weight excluding hydrogens is 275 g/mol. The molecule has 0 aliphatic rings. The standard InChI is InChI=1S/C10H14FN.C9H13N/c1-2-12-8-7-9-3-5-10(11)6-4-9;10-8-4-7-9-5-2-1-3-6-9/h3-6,12H,2,7-8H2,1H3;1-3,5-6H,4,7-8,10H2. The van der Waals surface area contributed by atoms with Gasteiger partial charge in [0.1, 0.15) is 5.82 Å². The van der Waals surface area contributed by atoms with Crippen molar-refractivity contribution >= 4 is 0 Å². The Labute approximate surface area is 133 Å². The second-order valence-electron chi connectivity index (χ2n) is 5.11. The fourth-order valence-corrected chi connectivity index (χ4v) is 2.01. The zero-order valence-electron chi connectivity index (χ0n) is 13.4. The molecule has 0 atom stereocenters. The van der Waals surface area contributed by atoms with E-state index in [1.165, 1.54) is 23.3 Å². The van der Waals surface area contributed by atoms with Crippen LogP contribution >= 0.6 is 0 Å². The predicted octanol–water partition coefficient (Wildman–Crippen LogP) is 3.56. The first-order chi connectivity index (χ1) is 10.8. The fraction of sp³-hybridized carbons (Fsp3) is 0.368. The molecule has 22 heavy (non-hydrogen) atoms. The summed E-state index contributed by atoms with van der Waals surface area (Å²) in [5.74, 6) is -0.165. The molecule has 3 heteroatoms. The van der Waals surface area contributed by atoms with Crippen LogP contribution in [0.5, 0.6) is 0 Å². The van der Waals surface area contributed by atoms with Gasteiger partial charge in [-0.25, -0.2) is 4.39 Å². The Morgan fingerprint density at radius 2 is 1.55 bits per heavy atom. The van der Waals surface area contributed by atoms with E-state index in [2.05, 4.69) is 36.5 Å². The van der Waals surface area contributed by atoms with Crippen molar-refractivity contribution in [2.24, 2.45) is 5.73 Å². The van der Waals surface area contributed by atoms with Crippen molar-refractivity contribution in [3.8, 4) is 0 Å². The summed E-state index contributed by atoms with van der Waals surface area (Å²) in [5.41, 5.74) is 7.94. The number of likely N-dealkylation sites (N-methyl/N-ethyl adjacent to an activating group) is 1. The van der Waals surface area contributed by atoms with E-state index < -0.39 is 0 Å². The molecule has 0 fully saturated rings. The molecule has 3 N–H and O–H groups in total. The van der Waals surface area contributed by atoms with Crippen LogP contribution in [0.3, 0.4) is 0 Å². The molecule has 120 valence electrons. The van der Waals surface area contributed by atoms with Crippen LogP contribution in [0.25, 0.3) is 0 Å². The average molecular weight is 302 g/mol. The first kappa shape index (κ1) is 18.3. The van der Waals surface area contributed by atoms with Crippen molar-refractivity contribution in [1.29, 1.82) is 0 Å². The smallest absolute Gasteiger partial charge is 0.123 e. The molecule has 0 bridgehead atoms. The highest BCUT2D eigenvalue weighted by Gasteiger charge is 1.92. The molecule has 0 radical (unpaired) electrons. The summed E-state index contributed by atoms with van der Waals surface area (Å²) in [6.45, 7) is 4.81. The van der Waals surface area contributed by atoms with Gasteiger partial charge in [-0.15, -0.1) is 0 Å². The number of nitrogens with one attached hydrogen (secondary N) is 1. The molecule has 0 saturated heterocycles. The molecule has 0 spiro atoms. The van der Waals surface area contributed by atoms with E-state index in [1.807, 2.05) is 18.2 Å². The number of hydrogen-bond acceptors (Lipinski definition) is 2. The van der Waals surface area contributed by atoms with Crippen LogP contribution in [-0.4, -0.2) is 19.6 Å². The van der Waals surface area contributed by atoms with E-state index in [0.717, 1.165) is 38.9 Å². The molecule has 2 nitrogen and oxygen atoms in total. The third kappa shape index (κ3) is 8.55. The Balaban J connectivity index is 0.000000224. The summed E-state index contributed by atoms with van der Waals surface area (Å²) in [6.07, 6.45) is 3.16. The van der Waals surface area contributed by atoms with Gasteiger partial charge in [0, 0.05) is 0 Å². The first-order valence-corrected chi connectivity index (χ1v) is 7.95. The molecule has 0 saturated carbocycles. The largest absolute Gasteiger partial charge is 0.330 e. The second kappa shape index (κ2) is 11.9. The third-order valence-corrected chi connectivity index (χ3v) is 3.27. The Bertz CT molecular complexity index is 483. The maximum absolute atomic E-state index is 12.5. The maximum atomic E-state index is 12.5. The Kier molecular flexibility index (Phi) is 9.92. The van der Waals surface area contributed by atoms with Crippen LogP contribution in [0.15, 0.2) is 54.6 Å². The lowest BCUT2D eigenvalue weighted by atomic mass is 10.1. The Morgan fingerprint density at radius 3 is 2.14 bits per heavy atom. The van der Waals surface area contributed by atoms with E-state index in [1.54, 1.807) is 0 Å². The number of halogens is 1. The molecule has 2 aromatic rings. The summed E-state index contributed by atoms with van der Waals surface area (Å²) in [4.78, 5) is 0. The lowest BCUT2D eigenvalue weighted by molar-refractivity contribution is 0.626. The van der Waals surface area contributed by atoms with Crippen LogP contribution in [0.1, 0.15) is 24.5 Å². The van der Waals surface area contributed by atoms with Gasteiger partial charge >= 0.3 is 0 Å². The van der Waals surface area contributed by atoms with Gasteiger partial charge in [-0.3, -0.25) is 0 Å². The summed E-state index contributed by atoms with van der Waals surface area (Å²) >= 11 is 0. The van der Waals surface area contributed by atoms with Gasteiger partial charge in [-0.2, -0.15) is 0 Å². The van der Waals surface area contributed by atoms with Crippen LogP contribution in [0, 0.1) is 5.82 Å². The summed E-state index contributed by atoms with van der Waals surface area (Å²) in [6, 6.07) is 17.1. The number of hydrogen-bond donors (Lipinski definition) is 2. The number of benzene rings is 2. The van der Waals surface area contributed by atoms with Crippen LogP contribution < -0.4 is 11.1 Å². The maximum Gasteiger partial charge on any atom is 0.123 e. The summed E-state index contributed by atoms with van der Waals surface area (Å²) in [5, 5.41) is 3.22. The topological polar surface area (TPSA) is 38.0 Å². The highest BCUT2D eigenvalue weighted by atomic mass is 19.1. The van der Waals surface area contributed by atoms with E-state index >= 15 is 0 Å². The predicted molar refractivity (Wildman–Crippen MR) is 92.5 cm³/mol. The van der Waals surface area contributed by atoms with Gasteiger partial charge in [0.05, 0.1) is 0 Å². The van der Waals surface area contributed by atoms with E-state index in [9.17, 15) is 4.39 Å². The highest BCUT2D eigenvalue weighted by Crippen LogP contribution is 2.02. The Morgan fingerprint density at radius 1 is 0.909 bits per heavy atom. The molecule has 0 heterocycles. The third-order valence-electron chi connectivity index (χ3n) is 3.27. The normalized spacial score (nSPS) is 9.95. The van der Waals surface area contributed by atoms with E-state index in [0.29, 0.717) is 0 Å². The quantitative estimate of drug-likeness (QED) is 0.768. The minimum atomic E-state index is -0.165. The Hall–Kier alpha value is -1.71. The van der Waals surface area contributed by atoms with Crippen LogP contribution in [-0.2, 0) is 12.8 Å². The molecule has 0 aromatic heterocycles. The minimum Gasteiger partial charge on any atom is -0.330 e. The molecule has 0 amide bonds. The lowest BCUT2D eigenvalue weighted by Crippen LogP contribution is -2.15. The second-order valence-corrected chi connectivity index (χ2v) is 5.11. The van der Waals surface area contributed by atoms with Gasteiger partial charge in [-0.1, -0.05) is 49.4 Å². The molecule has 0 unspecified atom stereocenters. The monoisotopic (exact) mass is 302 g/mol. The molecule has 0 aliphatic carbocycles. The van der Waals surface area contributed by atoms with Gasteiger partial charge in [-0.05, 0) is 62.2 Å². The molecular formula is C19H27FN2. The van der Waals surface area contributed by atoms with Crippen LogP contribution in [0.4, 0.5) is 4.39 Å². The SMILES string of the molecule is CCNCCc1ccc(F)cc1.NCCCc1ccccc1. The zero-order valence-corrected chi connectivity index (χ0v) is 13.4. The van der Waals surface area contributed by atoms with Crippen molar-refractivity contribution in [2.75, 3.05) is 19.6 Å². The van der Waals surface area contributed by atoms with E-state index in [4.69, 9.17) is 5.73 Å². The molecule has 2 rings (SSSR count). The van der Waals surface area contributed by atoms with Crippen molar-refractivity contribution in [3.05, 3.63) is 71.5 Å². The highest BCUT2D eigenvalue weighted by molar-refractivity contribution is 5.16. The lowest BCUT2D eigenvalue weighted by Gasteiger charge is -2.01. The summed E-state index contributed by atoms with van der Waals surface area (Å²) in [7, 11) is 0. The number of nitrogens with two attached hydrogens (primary N) is 1. The number of rotatable bonds is 7. The fourth-order valence-electron chi connectivity index (χ4n) is 2.01. The van der Waals surface area contributed by atoms with Gasteiger partial charge in [0.15, 0.2) is 0 Å². The molecule has 0 aliphatic heterocycles. The number of aryl methyl sites for hydroxylation is 1. The van der Waals surface area contributed by atoms with Gasteiger partial charge in [0.2, 0.25) is 0 Å². The van der Waals surface area contributed by atoms with Gasteiger partial charge in [0.25, 0.3) is 0 Å². The van der Waals surface area contributed by atoms with Crippen molar-refractivity contribution < 1.29 is 4.39 Å². The summed E-state index contributed by atoms with van der Waals surface area (Å²) < 4.78 is 12.5.